The van der Waals surface area contributed by atoms with Gasteiger partial charge in [0.2, 0.25) is 0 Å². The van der Waals surface area contributed by atoms with Crippen LogP contribution >= 0.6 is 0 Å². The number of hydrogen-bond acceptors (Lipinski definition) is 5. The second-order valence-electron chi connectivity index (χ2n) is 14.8. The van der Waals surface area contributed by atoms with Gasteiger partial charge in [0, 0.05) is 5.41 Å². The van der Waals surface area contributed by atoms with Crippen LogP contribution in [-0.4, -0.2) is 56.6 Å². The molecule has 0 spiro atoms. The molecule has 0 aromatic rings. The normalized spacial score (nSPS) is 59.4. The first kappa shape index (κ1) is 26.2. The van der Waals surface area contributed by atoms with Crippen molar-refractivity contribution >= 4 is 0 Å². The van der Waals surface area contributed by atoms with Crippen molar-refractivity contribution in [1.29, 1.82) is 0 Å². The minimum absolute atomic E-state index is 0.0436. The molecule has 5 heteroatoms. The third kappa shape index (κ3) is 2.83. The van der Waals surface area contributed by atoms with Gasteiger partial charge in [-0.05, 0) is 84.4 Å². The Hall–Kier alpha value is -0.460. The van der Waals surface area contributed by atoms with E-state index in [1.54, 1.807) is 0 Å². The van der Waals surface area contributed by atoms with Crippen LogP contribution < -0.4 is 0 Å². The summed E-state index contributed by atoms with van der Waals surface area (Å²) >= 11 is 0. The minimum Gasteiger partial charge on any atom is -0.396 e. The summed E-state index contributed by atoms with van der Waals surface area (Å²) in [5.41, 5.74) is -0.933. The van der Waals surface area contributed by atoms with Gasteiger partial charge in [0.1, 0.15) is 0 Å². The Morgan fingerprint density at radius 3 is 2.14 bits per heavy atom. The SMILES string of the molecule is CC1CC(O)C2(CO)C(O)C(O)C3(C)C(=CCC4C5(C)CCC(O)C(C)(C)C5CCC43C)C2C1C. The van der Waals surface area contributed by atoms with Crippen LogP contribution in [0.3, 0.4) is 0 Å². The Balaban J connectivity index is 1.68. The molecule has 13 unspecified atom stereocenters. The molecule has 0 amide bonds. The third-order valence-corrected chi connectivity index (χ3v) is 13.7. The summed E-state index contributed by atoms with van der Waals surface area (Å²) in [4.78, 5) is 0. The van der Waals surface area contributed by atoms with E-state index in [1.807, 2.05) is 0 Å². The van der Waals surface area contributed by atoms with E-state index in [0.717, 1.165) is 32.1 Å². The van der Waals surface area contributed by atoms with Crippen molar-refractivity contribution < 1.29 is 25.5 Å². The first-order chi connectivity index (χ1) is 16.2. The highest BCUT2D eigenvalue weighted by molar-refractivity contribution is 5.38. The topological polar surface area (TPSA) is 101 Å². The van der Waals surface area contributed by atoms with E-state index < -0.39 is 29.1 Å². The molecule has 0 aromatic heterocycles. The fraction of sp³-hybridized carbons (Fsp3) is 0.933. The largest absolute Gasteiger partial charge is 0.396 e. The zero-order valence-corrected chi connectivity index (χ0v) is 23.0. The molecule has 4 saturated carbocycles. The number of hydrogen-bond donors (Lipinski definition) is 5. The first-order valence-corrected chi connectivity index (χ1v) is 14.2. The molecule has 5 aliphatic carbocycles. The van der Waals surface area contributed by atoms with Gasteiger partial charge in [0.05, 0.1) is 36.4 Å². The monoisotopic (exact) mass is 490 g/mol. The van der Waals surface area contributed by atoms with Crippen molar-refractivity contribution in [2.24, 2.45) is 56.7 Å². The summed E-state index contributed by atoms with van der Waals surface area (Å²) in [6.07, 6.45) is 4.16. The van der Waals surface area contributed by atoms with Crippen molar-refractivity contribution in [1.82, 2.24) is 0 Å². The van der Waals surface area contributed by atoms with Crippen LogP contribution in [-0.2, 0) is 0 Å². The van der Waals surface area contributed by atoms with Crippen LogP contribution in [0.1, 0.15) is 87.0 Å². The summed E-state index contributed by atoms with van der Waals surface area (Å²) in [5.74, 6) is 1.03. The maximum Gasteiger partial charge on any atom is 0.0916 e. The predicted molar refractivity (Wildman–Crippen MR) is 136 cm³/mol. The molecule has 200 valence electrons. The third-order valence-electron chi connectivity index (χ3n) is 13.7. The lowest BCUT2D eigenvalue weighted by atomic mass is 9.32. The summed E-state index contributed by atoms with van der Waals surface area (Å²) in [6, 6.07) is 0. The van der Waals surface area contributed by atoms with Crippen molar-refractivity contribution in [2.75, 3.05) is 6.61 Å². The number of fused-ring (bicyclic) bond motifs is 7. The lowest BCUT2D eigenvalue weighted by Gasteiger charge is -2.73. The van der Waals surface area contributed by atoms with Gasteiger partial charge in [-0.2, -0.15) is 0 Å². The average Bonchev–Trinajstić information content (AvgIpc) is 2.79. The van der Waals surface area contributed by atoms with E-state index in [1.165, 1.54) is 5.57 Å². The molecule has 35 heavy (non-hydrogen) atoms. The zero-order chi connectivity index (χ0) is 25.9. The molecule has 0 radical (unpaired) electrons. The first-order valence-electron chi connectivity index (χ1n) is 14.2. The highest BCUT2D eigenvalue weighted by Gasteiger charge is 2.74. The smallest absolute Gasteiger partial charge is 0.0916 e. The predicted octanol–water partition coefficient (Wildman–Crippen LogP) is 3.91. The highest BCUT2D eigenvalue weighted by atomic mass is 16.3. The summed E-state index contributed by atoms with van der Waals surface area (Å²) in [7, 11) is 0. The maximum absolute atomic E-state index is 12.0. The van der Waals surface area contributed by atoms with Crippen LogP contribution in [0.4, 0.5) is 0 Å². The Bertz CT molecular complexity index is 899. The van der Waals surface area contributed by atoms with Gasteiger partial charge in [-0.25, -0.2) is 0 Å². The van der Waals surface area contributed by atoms with Gasteiger partial charge in [0.25, 0.3) is 0 Å². The number of aliphatic hydroxyl groups is 5. The van der Waals surface area contributed by atoms with E-state index in [4.69, 9.17) is 0 Å². The Morgan fingerprint density at radius 2 is 1.51 bits per heavy atom. The molecule has 0 bridgehead atoms. The average molecular weight is 491 g/mol. The Morgan fingerprint density at radius 1 is 0.857 bits per heavy atom. The van der Waals surface area contributed by atoms with E-state index in [2.05, 4.69) is 54.5 Å². The molecule has 0 saturated heterocycles. The number of rotatable bonds is 1. The fourth-order valence-corrected chi connectivity index (χ4v) is 11.1. The molecular weight excluding hydrogens is 440 g/mol. The Kier molecular flexibility index (Phi) is 5.82. The van der Waals surface area contributed by atoms with Crippen molar-refractivity contribution in [3.63, 3.8) is 0 Å². The van der Waals surface area contributed by atoms with Gasteiger partial charge in [-0.15, -0.1) is 0 Å². The molecule has 0 aromatic carbocycles. The zero-order valence-electron chi connectivity index (χ0n) is 23.0. The molecule has 5 rings (SSSR count). The standard InChI is InChI=1S/C30H50O5/c1-16-14-22(33)30(15-31)23(17(16)2)18-8-9-20-27(5)12-11-21(32)26(3,4)19(27)10-13-28(20,6)29(18,7)24(34)25(30)35/h8,16-17,19-25,31-35H,9-15H2,1-7H3. The molecule has 0 heterocycles. The van der Waals surface area contributed by atoms with E-state index in [-0.39, 0.29) is 46.7 Å². The molecule has 5 nitrogen and oxygen atoms in total. The van der Waals surface area contributed by atoms with Crippen LogP contribution in [0, 0.1) is 56.7 Å². The van der Waals surface area contributed by atoms with Crippen molar-refractivity contribution in [2.45, 2.75) is 111 Å². The Labute approximate surface area is 212 Å². The van der Waals surface area contributed by atoms with Crippen LogP contribution in [0.15, 0.2) is 11.6 Å². The van der Waals surface area contributed by atoms with Gasteiger partial charge in [-0.1, -0.05) is 60.1 Å². The lowest BCUT2D eigenvalue weighted by Crippen LogP contribution is -2.74. The van der Waals surface area contributed by atoms with E-state index in [9.17, 15) is 25.5 Å². The van der Waals surface area contributed by atoms with Gasteiger partial charge in [-0.3, -0.25) is 0 Å². The van der Waals surface area contributed by atoms with E-state index >= 15 is 0 Å². The number of aliphatic hydroxyl groups excluding tert-OH is 5. The molecular formula is C30H50O5. The maximum atomic E-state index is 12.0. The van der Waals surface area contributed by atoms with Crippen LogP contribution in [0.25, 0.3) is 0 Å². The molecule has 13 atom stereocenters. The lowest BCUT2D eigenvalue weighted by molar-refractivity contribution is -0.275. The fourth-order valence-electron chi connectivity index (χ4n) is 11.1. The molecule has 5 N–H and O–H groups in total. The highest BCUT2D eigenvalue weighted by Crippen LogP contribution is 2.75. The summed E-state index contributed by atoms with van der Waals surface area (Å²) in [6.45, 7) is 15.5. The minimum atomic E-state index is -1.18. The van der Waals surface area contributed by atoms with Crippen LogP contribution in [0.5, 0.6) is 0 Å². The second kappa shape index (κ2) is 7.79. The quantitative estimate of drug-likeness (QED) is 0.359. The van der Waals surface area contributed by atoms with E-state index in [0.29, 0.717) is 18.3 Å². The van der Waals surface area contributed by atoms with Crippen molar-refractivity contribution in [3.8, 4) is 0 Å². The van der Waals surface area contributed by atoms with Gasteiger partial charge in [0.15, 0.2) is 0 Å². The second-order valence-corrected chi connectivity index (χ2v) is 14.8. The van der Waals surface area contributed by atoms with Crippen LogP contribution in [0.2, 0.25) is 0 Å². The molecule has 5 aliphatic rings. The summed E-state index contributed by atoms with van der Waals surface area (Å²) < 4.78 is 0. The van der Waals surface area contributed by atoms with Gasteiger partial charge >= 0.3 is 0 Å². The van der Waals surface area contributed by atoms with Gasteiger partial charge < -0.3 is 25.5 Å². The molecule has 4 fully saturated rings. The number of allylic oxidation sites excluding steroid dienone is 1. The van der Waals surface area contributed by atoms with Crippen molar-refractivity contribution in [3.05, 3.63) is 11.6 Å². The summed E-state index contributed by atoms with van der Waals surface area (Å²) in [5, 5.41) is 56.7. The molecule has 0 aliphatic heterocycles.